The van der Waals surface area contributed by atoms with Gasteiger partial charge in [-0.15, -0.1) is 0 Å². The molecule has 0 unspecified atom stereocenters. The Balaban J connectivity index is 1.96. The molecule has 2 N–H and O–H groups in total. The summed E-state index contributed by atoms with van der Waals surface area (Å²) in [6.45, 7) is 6.08. The minimum Gasteiger partial charge on any atom is -0.317 e. The Morgan fingerprint density at radius 1 is 1.20 bits per heavy atom. The van der Waals surface area contributed by atoms with Crippen LogP contribution in [0.25, 0.3) is 0 Å². The molecule has 0 saturated carbocycles. The smallest absolute Gasteiger partial charge is 0.232 e. The number of anilines is 1. The molecule has 112 valence electrons. The first-order valence-electron chi connectivity index (χ1n) is 7.27. The van der Waals surface area contributed by atoms with Gasteiger partial charge in [-0.05, 0) is 55.5 Å². The van der Waals surface area contributed by atoms with Gasteiger partial charge >= 0.3 is 0 Å². The van der Waals surface area contributed by atoms with E-state index in [4.69, 9.17) is 0 Å². The maximum Gasteiger partial charge on any atom is 0.232 e. The Bertz CT molecular complexity index is 517. The maximum atomic E-state index is 12.2. The summed E-state index contributed by atoms with van der Waals surface area (Å²) < 4.78 is 27.0. The lowest BCUT2D eigenvalue weighted by Crippen LogP contribution is -2.33. The summed E-state index contributed by atoms with van der Waals surface area (Å²) in [4.78, 5) is 0. The third-order valence-electron chi connectivity index (χ3n) is 3.76. The molecular formula is C15H24N2O2S. The molecule has 0 atom stereocenters. The van der Waals surface area contributed by atoms with Crippen LogP contribution in [0.3, 0.4) is 0 Å². The number of rotatable bonds is 5. The quantitative estimate of drug-likeness (QED) is 0.878. The van der Waals surface area contributed by atoms with Gasteiger partial charge in [0.15, 0.2) is 0 Å². The first-order valence-corrected chi connectivity index (χ1v) is 8.92. The summed E-state index contributed by atoms with van der Waals surface area (Å²) in [6.07, 6.45) is 1.88. The van der Waals surface area contributed by atoms with Crippen LogP contribution >= 0.6 is 0 Å². The molecule has 0 aromatic heterocycles. The molecule has 0 spiro atoms. The molecule has 0 amide bonds. The van der Waals surface area contributed by atoms with Crippen LogP contribution in [-0.4, -0.2) is 27.3 Å². The first-order chi connectivity index (χ1) is 9.46. The number of benzene rings is 1. The summed E-state index contributed by atoms with van der Waals surface area (Å²) in [5.41, 5.74) is 1.87. The van der Waals surface area contributed by atoms with Crippen molar-refractivity contribution in [2.45, 2.75) is 32.6 Å². The molecule has 4 nitrogen and oxygen atoms in total. The number of piperidine rings is 1. The zero-order valence-electron chi connectivity index (χ0n) is 12.2. The standard InChI is InChI=1S/C15H24N2O2S/c1-12(2)14-3-5-15(6-4-14)17-20(18,19)11-13-7-9-16-10-8-13/h3-6,12-13,16-17H,7-11H2,1-2H3. The topological polar surface area (TPSA) is 58.2 Å². The molecule has 20 heavy (non-hydrogen) atoms. The second kappa shape index (κ2) is 6.59. The lowest BCUT2D eigenvalue weighted by Gasteiger charge is -2.22. The van der Waals surface area contributed by atoms with Gasteiger partial charge in [0.25, 0.3) is 0 Å². The number of sulfonamides is 1. The zero-order valence-corrected chi connectivity index (χ0v) is 13.0. The Morgan fingerprint density at radius 2 is 1.80 bits per heavy atom. The van der Waals surface area contributed by atoms with Crippen LogP contribution in [0.4, 0.5) is 5.69 Å². The van der Waals surface area contributed by atoms with E-state index in [1.807, 2.05) is 24.3 Å². The molecule has 1 aliphatic heterocycles. The van der Waals surface area contributed by atoms with E-state index in [-0.39, 0.29) is 11.7 Å². The molecular weight excluding hydrogens is 272 g/mol. The predicted molar refractivity (Wildman–Crippen MR) is 83.5 cm³/mol. The van der Waals surface area contributed by atoms with Crippen molar-refractivity contribution in [2.24, 2.45) is 5.92 Å². The number of hydrogen-bond donors (Lipinski definition) is 2. The zero-order chi connectivity index (χ0) is 14.6. The van der Waals surface area contributed by atoms with Gasteiger partial charge in [0.2, 0.25) is 10.0 Å². The Labute approximate surface area is 122 Å². The first kappa shape index (κ1) is 15.3. The van der Waals surface area contributed by atoms with Crippen LogP contribution in [-0.2, 0) is 10.0 Å². The van der Waals surface area contributed by atoms with Crippen LogP contribution in [0.2, 0.25) is 0 Å². The van der Waals surface area contributed by atoms with Gasteiger partial charge in [-0.3, -0.25) is 4.72 Å². The van der Waals surface area contributed by atoms with Crippen LogP contribution in [0.15, 0.2) is 24.3 Å². The minimum atomic E-state index is -3.25. The van der Waals surface area contributed by atoms with E-state index in [0.29, 0.717) is 11.6 Å². The molecule has 1 aromatic carbocycles. The van der Waals surface area contributed by atoms with Crippen molar-refractivity contribution >= 4 is 15.7 Å². The van der Waals surface area contributed by atoms with Gasteiger partial charge in [0.05, 0.1) is 5.75 Å². The highest BCUT2D eigenvalue weighted by Crippen LogP contribution is 2.20. The van der Waals surface area contributed by atoms with E-state index >= 15 is 0 Å². The molecule has 1 saturated heterocycles. The highest BCUT2D eigenvalue weighted by molar-refractivity contribution is 7.92. The molecule has 0 aliphatic carbocycles. The summed E-state index contributed by atoms with van der Waals surface area (Å²) >= 11 is 0. The molecule has 0 bridgehead atoms. The third kappa shape index (κ3) is 4.49. The van der Waals surface area contributed by atoms with E-state index in [1.165, 1.54) is 5.56 Å². The molecule has 1 aliphatic rings. The Kier molecular flexibility index (Phi) is 5.05. The van der Waals surface area contributed by atoms with Crippen molar-refractivity contribution < 1.29 is 8.42 Å². The average molecular weight is 296 g/mol. The normalized spacial score (nSPS) is 17.4. The van der Waals surface area contributed by atoms with Crippen molar-refractivity contribution in [3.63, 3.8) is 0 Å². The highest BCUT2D eigenvalue weighted by Gasteiger charge is 2.21. The van der Waals surface area contributed by atoms with Crippen molar-refractivity contribution in [2.75, 3.05) is 23.6 Å². The van der Waals surface area contributed by atoms with E-state index in [2.05, 4.69) is 23.9 Å². The van der Waals surface area contributed by atoms with Gasteiger partial charge in [-0.25, -0.2) is 8.42 Å². The summed E-state index contributed by atoms with van der Waals surface area (Å²) in [5.74, 6) is 0.944. The second-order valence-corrected chi connectivity index (χ2v) is 7.62. The van der Waals surface area contributed by atoms with E-state index in [9.17, 15) is 8.42 Å². The van der Waals surface area contributed by atoms with Crippen molar-refractivity contribution in [1.82, 2.24) is 5.32 Å². The van der Waals surface area contributed by atoms with Crippen LogP contribution in [0.1, 0.15) is 38.2 Å². The summed E-state index contributed by atoms with van der Waals surface area (Å²) in [5, 5.41) is 3.25. The van der Waals surface area contributed by atoms with Gasteiger partial charge in [0.1, 0.15) is 0 Å². The monoisotopic (exact) mass is 296 g/mol. The lowest BCUT2D eigenvalue weighted by atomic mass is 10.0. The predicted octanol–water partition coefficient (Wildman–Crippen LogP) is 2.55. The molecule has 1 fully saturated rings. The Hall–Kier alpha value is -1.07. The SMILES string of the molecule is CC(C)c1ccc(NS(=O)(=O)CC2CCNCC2)cc1. The Morgan fingerprint density at radius 3 is 2.35 bits per heavy atom. The van der Waals surface area contributed by atoms with E-state index in [0.717, 1.165) is 25.9 Å². The fraction of sp³-hybridized carbons (Fsp3) is 0.600. The number of hydrogen-bond acceptors (Lipinski definition) is 3. The fourth-order valence-corrected chi connectivity index (χ4v) is 4.05. The van der Waals surface area contributed by atoms with Gasteiger partial charge < -0.3 is 5.32 Å². The van der Waals surface area contributed by atoms with Gasteiger partial charge in [-0.2, -0.15) is 0 Å². The number of nitrogens with one attached hydrogen (secondary N) is 2. The highest BCUT2D eigenvalue weighted by atomic mass is 32.2. The molecule has 1 heterocycles. The minimum absolute atomic E-state index is 0.223. The molecule has 1 aromatic rings. The van der Waals surface area contributed by atoms with Crippen molar-refractivity contribution in [1.29, 1.82) is 0 Å². The van der Waals surface area contributed by atoms with Crippen LogP contribution in [0, 0.1) is 5.92 Å². The van der Waals surface area contributed by atoms with E-state index in [1.54, 1.807) is 0 Å². The lowest BCUT2D eigenvalue weighted by molar-refractivity contribution is 0.402. The van der Waals surface area contributed by atoms with Crippen LogP contribution < -0.4 is 10.0 Å². The summed E-state index contributed by atoms with van der Waals surface area (Å²) in [7, 11) is -3.25. The molecule has 2 rings (SSSR count). The van der Waals surface area contributed by atoms with Crippen LogP contribution in [0.5, 0.6) is 0 Å². The summed E-state index contributed by atoms with van der Waals surface area (Å²) in [6, 6.07) is 7.64. The van der Waals surface area contributed by atoms with Gasteiger partial charge in [0, 0.05) is 5.69 Å². The second-order valence-electron chi connectivity index (χ2n) is 5.85. The van der Waals surface area contributed by atoms with Crippen molar-refractivity contribution in [3.05, 3.63) is 29.8 Å². The molecule has 5 heteroatoms. The third-order valence-corrected chi connectivity index (χ3v) is 5.22. The maximum absolute atomic E-state index is 12.2. The largest absolute Gasteiger partial charge is 0.317 e. The molecule has 0 radical (unpaired) electrons. The average Bonchev–Trinajstić information content (AvgIpc) is 2.39. The van der Waals surface area contributed by atoms with E-state index < -0.39 is 10.0 Å². The fourth-order valence-electron chi connectivity index (χ4n) is 2.52. The van der Waals surface area contributed by atoms with Gasteiger partial charge in [-0.1, -0.05) is 26.0 Å². The van der Waals surface area contributed by atoms with Crippen molar-refractivity contribution in [3.8, 4) is 0 Å².